The summed E-state index contributed by atoms with van der Waals surface area (Å²) in [5.74, 6) is -5.32. The van der Waals surface area contributed by atoms with Crippen molar-refractivity contribution in [3.8, 4) is 0 Å². The molecule has 13 heavy (non-hydrogen) atoms. The summed E-state index contributed by atoms with van der Waals surface area (Å²) in [4.78, 5) is 10.0. The zero-order chi connectivity index (χ0) is 10.5. The summed E-state index contributed by atoms with van der Waals surface area (Å²) in [5, 5.41) is 8.10. The normalized spacial score (nSPS) is 14.2. The molecular weight excluding hydrogens is 198 g/mol. The molecule has 0 aromatic carbocycles. The van der Waals surface area contributed by atoms with Gasteiger partial charge in [0.25, 0.3) is 0 Å². The topological polar surface area (TPSA) is 37.3 Å². The number of rotatable bonds is 6. The predicted molar refractivity (Wildman–Crippen MR) is 49.4 cm³/mol. The number of alkyl halides is 2. The highest BCUT2D eigenvalue weighted by atomic mass is 32.2. The third-order valence-electron chi connectivity index (χ3n) is 1.70. The number of carboxylic acids is 1. The van der Waals surface area contributed by atoms with E-state index < -0.39 is 17.6 Å². The first kappa shape index (κ1) is 12.7. The van der Waals surface area contributed by atoms with Gasteiger partial charge in [-0.3, -0.25) is 0 Å². The van der Waals surface area contributed by atoms with Gasteiger partial charge in [0.1, 0.15) is 0 Å². The summed E-state index contributed by atoms with van der Waals surface area (Å²) < 4.78 is 25.0. The van der Waals surface area contributed by atoms with Crippen LogP contribution in [0, 0.1) is 5.92 Å². The highest BCUT2D eigenvalue weighted by Gasteiger charge is 2.38. The lowest BCUT2D eigenvalue weighted by atomic mass is 10.2. The van der Waals surface area contributed by atoms with Crippen LogP contribution in [-0.2, 0) is 4.79 Å². The Balaban J connectivity index is 3.70. The summed E-state index contributed by atoms with van der Waals surface area (Å²) in [6.45, 7) is 3.92. The Hall–Kier alpha value is -0.320. The van der Waals surface area contributed by atoms with Crippen LogP contribution in [-0.4, -0.2) is 28.5 Å². The van der Waals surface area contributed by atoms with Crippen molar-refractivity contribution < 1.29 is 18.7 Å². The zero-order valence-corrected chi connectivity index (χ0v) is 8.53. The number of carboxylic acid groups (broad SMARTS) is 1. The van der Waals surface area contributed by atoms with E-state index >= 15 is 0 Å². The minimum absolute atomic E-state index is 0.356. The number of hydrogen-bond donors (Lipinski definition) is 1. The standard InChI is InChI=1S/C8H14F2O2S/c1-3-6(2)4-13-5-8(9,10)7(11)12/h6H,3-5H2,1-2H3,(H,11,12). The molecule has 5 heteroatoms. The van der Waals surface area contributed by atoms with Crippen LogP contribution in [0.5, 0.6) is 0 Å². The van der Waals surface area contributed by atoms with Crippen molar-refractivity contribution >= 4 is 17.7 Å². The van der Waals surface area contributed by atoms with Crippen molar-refractivity contribution in [1.29, 1.82) is 0 Å². The van der Waals surface area contributed by atoms with Gasteiger partial charge in [-0.05, 0) is 11.7 Å². The minimum atomic E-state index is -3.59. The molecule has 0 radical (unpaired) electrons. The lowest BCUT2D eigenvalue weighted by Gasteiger charge is -2.12. The number of halogens is 2. The molecule has 0 aliphatic heterocycles. The van der Waals surface area contributed by atoms with E-state index in [4.69, 9.17) is 5.11 Å². The summed E-state index contributed by atoms with van der Waals surface area (Å²) in [5.41, 5.74) is 0. The smallest absolute Gasteiger partial charge is 0.375 e. The second kappa shape index (κ2) is 5.42. The van der Waals surface area contributed by atoms with Crippen LogP contribution in [0.15, 0.2) is 0 Å². The van der Waals surface area contributed by atoms with Gasteiger partial charge in [0.05, 0.1) is 5.75 Å². The first-order chi connectivity index (χ1) is 5.90. The number of aliphatic carboxylic acids is 1. The molecule has 0 rings (SSSR count). The van der Waals surface area contributed by atoms with Gasteiger partial charge in [-0.25, -0.2) is 4.79 Å². The molecule has 0 amide bonds. The van der Waals surface area contributed by atoms with Crippen LogP contribution in [0.1, 0.15) is 20.3 Å². The maximum absolute atomic E-state index is 12.5. The van der Waals surface area contributed by atoms with Gasteiger partial charge in [0.2, 0.25) is 0 Å². The molecule has 0 saturated heterocycles. The summed E-state index contributed by atoms with van der Waals surface area (Å²) in [7, 11) is 0. The van der Waals surface area contributed by atoms with Gasteiger partial charge in [0.15, 0.2) is 0 Å². The van der Waals surface area contributed by atoms with Crippen molar-refractivity contribution in [2.45, 2.75) is 26.2 Å². The molecule has 78 valence electrons. The Morgan fingerprint density at radius 2 is 2.15 bits per heavy atom. The molecule has 0 aliphatic carbocycles. The molecule has 1 unspecified atom stereocenters. The number of hydrogen-bond acceptors (Lipinski definition) is 2. The van der Waals surface area contributed by atoms with Crippen molar-refractivity contribution in [1.82, 2.24) is 0 Å². The van der Waals surface area contributed by atoms with Crippen LogP contribution in [0.2, 0.25) is 0 Å². The maximum atomic E-state index is 12.5. The van der Waals surface area contributed by atoms with E-state index in [2.05, 4.69) is 0 Å². The molecule has 0 aromatic heterocycles. The zero-order valence-electron chi connectivity index (χ0n) is 7.72. The van der Waals surface area contributed by atoms with E-state index in [1.54, 1.807) is 0 Å². The van der Waals surface area contributed by atoms with Gasteiger partial charge in [-0.2, -0.15) is 20.5 Å². The van der Waals surface area contributed by atoms with Crippen molar-refractivity contribution in [2.24, 2.45) is 5.92 Å². The van der Waals surface area contributed by atoms with E-state index in [1.807, 2.05) is 13.8 Å². The highest BCUT2D eigenvalue weighted by Crippen LogP contribution is 2.22. The number of carbonyl (C=O) groups is 1. The lowest BCUT2D eigenvalue weighted by molar-refractivity contribution is -0.161. The summed E-state index contributed by atoms with van der Waals surface area (Å²) in [6.07, 6.45) is 0.922. The molecule has 0 fully saturated rings. The van der Waals surface area contributed by atoms with Crippen molar-refractivity contribution in [3.05, 3.63) is 0 Å². The number of thioether (sulfide) groups is 1. The Morgan fingerprint density at radius 1 is 1.62 bits per heavy atom. The van der Waals surface area contributed by atoms with Crippen molar-refractivity contribution in [2.75, 3.05) is 11.5 Å². The molecule has 0 saturated carbocycles. The first-order valence-corrected chi connectivity index (χ1v) is 5.24. The summed E-state index contributed by atoms with van der Waals surface area (Å²) in [6, 6.07) is 0. The van der Waals surface area contributed by atoms with Crippen LogP contribution in [0.4, 0.5) is 8.78 Å². The quantitative estimate of drug-likeness (QED) is 0.735. The lowest BCUT2D eigenvalue weighted by Crippen LogP contribution is -2.31. The third-order valence-corrected chi connectivity index (χ3v) is 3.07. The molecule has 1 atom stereocenters. The third kappa shape index (κ3) is 5.08. The van der Waals surface area contributed by atoms with Gasteiger partial charge in [-0.15, -0.1) is 0 Å². The Kier molecular flexibility index (Phi) is 5.29. The average molecular weight is 212 g/mol. The predicted octanol–water partition coefficient (Wildman–Crippen LogP) is 2.49. The molecule has 0 heterocycles. The van der Waals surface area contributed by atoms with Gasteiger partial charge in [-0.1, -0.05) is 20.3 Å². The second-order valence-corrected chi connectivity index (χ2v) is 4.07. The van der Waals surface area contributed by atoms with E-state index in [0.717, 1.165) is 18.2 Å². The second-order valence-electron chi connectivity index (χ2n) is 3.04. The van der Waals surface area contributed by atoms with E-state index in [0.29, 0.717) is 11.7 Å². The molecule has 1 N–H and O–H groups in total. The van der Waals surface area contributed by atoms with Crippen LogP contribution >= 0.6 is 11.8 Å². The Morgan fingerprint density at radius 3 is 2.54 bits per heavy atom. The molecule has 0 bridgehead atoms. The van der Waals surface area contributed by atoms with Crippen molar-refractivity contribution in [3.63, 3.8) is 0 Å². The molecule has 2 nitrogen and oxygen atoms in total. The highest BCUT2D eigenvalue weighted by molar-refractivity contribution is 7.99. The van der Waals surface area contributed by atoms with E-state index in [9.17, 15) is 13.6 Å². The fraction of sp³-hybridized carbons (Fsp3) is 0.875. The minimum Gasteiger partial charge on any atom is -0.477 e. The van der Waals surface area contributed by atoms with Crippen LogP contribution in [0.25, 0.3) is 0 Å². The SMILES string of the molecule is CCC(C)CSCC(F)(F)C(=O)O. The molecular formula is C8H14F2O2S. The van der Waals surface area contributed by atoms with E-state index in [1.165, 1.54) is 0 Å². The van der Waals surface area contributed by atoms with Crippen LogP contribution in [0.3, 0.4) is 0 Å². The summed E-state index contributed by atoms with van der Waals surface area (Å²) >= 11 is 0.990. The molecule has 0 aliphatic rings. The van der Waals surface area contributed by atoms with Crippen LogP contribution < -0.4 is 0 Å². The average Bonchev–Trinajstić information content (AvgIpc) is 2.03. The van der Waals surface area contributed by atoms with Gasteiger partial charge >= 0.3 is 11.9 Å². The van der Waals surface area contributed by atoms with Gasteiger partial charge < -0.3 is 5.11 Å². The maximum Gasteiger partial charge on any atom is 0.375 e. The largest absolute Gasteiger partial charge is 0.477 e. The van der Waals surface area contributed by atoms with Gasteiger partial charge in [0, 0.05) is 0 Å². The fourth-order valence-electron chi connectivity index (χ4n) is 0.568. The Labute approximate surface area is 80.7 Å². The molecule has 0 aromatic rings. The van der Waals surface area contributed by atoms with E-state index in [-0.39, 0.29) is 0 Å². The first-order valence-electron chi connectivity index (χ1n) is 4.09. The Bertz CT molecular complexity index is 174. The monoisotopic (exact) mass is 212 g/mol. The fourth-order valence-corrected chi connectivity index (χ4v) is 1.70. The molecule has 0 spiro atoms.